The minimum atomic E-state index is -2.43. The average molecular weight is 466 g/mol. The standard InChI is InChI=1S/C26H27N3O5/c1-17-5-10-22(25(31)27-17)29-14-21-20(26(29)32)3-2-4-23(21)34-15-19-8-6-18(7-9-19)13-28-11-12-33-16-24(28)30/h2-4,6-9,22H,1,5,10-16H2,(H,27,31)/i6D,7D,15D2. The van der Waals surface area contributed by atoms with Gasteiger partial charge in [-0.05, 0) is 36.1 Å². The van der Waals surface area contributed by atoms with Gasteiger partial charge < -0.3 is 24.6 Å². The number of hydrogen-bond acceptors (Lipinski definition) is 5. The largest absolute Gasteiger partial charge is 0.489 e. The van der Waals surface area contributed by atoms with Crippen molar-refractivity contribution in [1.82, 2.24) is 15.1 Å². The van der Waals surface area contributed by atoms with E-state index in [1.807, 2.05) is 0 Å². The summed E-state index contributed by atoms with van der Waals surface area (Å²) >= 11 is 0. The molecule has 2 fully saturated rings. The quantitative estimate of drug-likeness (QED) is 0.708. The lowest BCUT2D eigenvalue weighted by Crippen LogP contribution is -2.49. The third-order valence-electron chi connectivity index (χ3n) is 6.17. The fraction of sp³-hybridized carbons (Fsp3) is 0.346. The van der Waals surface area contributed by atoms with E-state index in [2.05, 4.69) is 11.9 Å². The summed E-state index contributed by atoms with van der Waals surface area (Å²) in [7, 11) is 0. The van der Waals surface area contributed by atoms with Gasteiger partial charge in [0.15, 0.2) is 0 Å². The average Bonchev–Trinajstić information content (AvgIpc) is 3.19. The normalized spacial score (nSPS) is 22.5. The number of carbonyl (C=O) groups is 3. The first-order valence-electron chi connectivity index (χ1n) is 13.1. The molecule has 0 aliphatic carbocycles. The Morgan fingerprint density at radius 3 is 2.79 bits per heavy atom. The minimum absolute atomic E-state index is 0.0338. The van der Waals surface area contributed by atoms with Crippen LogP contribution in [0, 0.1) is 0 Å². The molecule has 8 nitrogen and oxygen atoms in total. The van der Waals surface area contributed by atoms with Crippen molar-refractivity contribution >= 4 is 17.7 Å². The number of ether oxygens (including phenoxy) is 2. The molecule has 3 aliphatic heterocycles. The van der Waals surface area contributed by atoms with Crippen molar-refractivity contribution in [3.8, 4) is 5.75 Å². The van der Waals surface area contributed by atoms with Crippen molar-refractivity contribution in [2.24, 2.45) is 0 Å². The lowest BCUT2D eigenvalue weighted by Gasteiger charge is -2.31. The highest BCUT2D eigenvalue weighted by Gasteiger charge is 2.39. The molecule has 3 heterocycles. The first kappa shape index (κ1) is 17.8. The molecule has 3 amide bonds. The van der Waals surface area contributed by atoms with Crippen molar-refractivity contribution in [3.63, 3.8) is 0 Å². The number of hydrogen-bond donors (Lipinski definition) is 1. The number of rotatable bonds is 6. The van der Waals surface area contributed by atoms with E-state index in [1.54, 1.807) is 18.2 Å². The van der Waals surface area contributed by atoms with Crippen LogP contribution in [0.1, 0.15) is 45.4 Å². The first-order valence-corrected chi connectivity index (χ1v) is 11.1. The van der Waals surface area contributed by atoms with Gasteiger partial charge in [-0.15, -0.1) is 0 Å². The van der Waals surface area contributed by atoms with Gasteiger partial charge in [0.1, 0.15) is 25.0 Å². The second-order valence-corrected chi connectivity index (χ2v) is 8.45. The highest BCUT2D eigenvalue weighted by Crippen LogP contribution is 2.34. The van der Waals surface area contributed by atoms with Crippen LogP contribution in [0.3, 0.4) is 0 Å². The number of morpholine rings is 1. The zero-order chi connectivity index (χ0) is 27.2. The summed E-state index contributed by atoms with van der Waals surface area (Å²) in [5, 5.41) is 2.69. The summed E-state index contributed by atoms with van der Waals surface area (Å²) in [5.41, 5.74) is 1.68. The number of piperidine rings is 1. The van der Waals surface area contributed by atoms with Gasteiger partial charge in [0.05, 0.1) is 18.6 Å². The third kappa shape index (κ3) is 4.41. The predicted octanol–water partition coefficient (Wildman–Crippen LogP) is 2.37. The van der Waals surface area contributed by atoms with Crippen LogP contribution in [0.25, 0.3) is 0 Å². The van der Waals surface area contributed by atoms with E-state index in [4.69, 9.17) is 15.0 Å². The van der Waals surface area contributed by atoms with E-state index >= 15 is 0 Å². The van der Waals surface area contributed by atoms with E-state index < -0.39 is 12.6 Å². The molecule has 5 rings (SSSR count). The summed E-state index contributed by atoms with van der Waals surface area (Å²) in [4.78, 5) is 40.7. The number of benzene rings is 2. The second-order valence-electron chi connectivity index (χ2n) is 8.45. The van der Waals surface area contributed by atoms with Crippen LogP contribution in [0.5, 0.6) is 5.75 Å². The van der Waals surface area contributed by atoms with Gasteiger partial charge in [-0.3, -0.25) is 14.4 Å². The van der Waals surface area contributed by atoms with E-state index in [-0.39, 0.29) is 60.8 Å². The van der Waals surface area contributed by atoms with Crippen molar-refractivity contribution in [2.75, 3.05) is 19.8 Å². The Morgan fingerprint density at radius 1 is 1.21 bits per heavy atom. The molecule has 0 aromatic heterocycles. The Labute approximate surface area is 203 Å². The number of carbonyl (C=O) groups excluding carboxylic acids is 3. The number of allylic oxidation sites excluding steroid dienone is 1. The van der Waals surface area contributed by atoms with E-state index in [1.165, 1.54) is 21.9 Å². The van der Waals surface area contributed by atoms with Gasteiger partial charge in [-0.25, -0.2) is 0 Å². The Balaban J connectivity index is 1.37. The van der Waals surface area contributed by atoms with Crippen LogP contribution in [0.2, 0.25) is 0 Å². The molecule has 3 aliphatic rings. The Hall–Kier alpha value is -3.65. The fourth-order valence-electron chi connectivity index (χ4n) is 4.32. The van der Waals surface area contributed by atoms with Gasteiger partial charge in [-0.2, -0.15) is 0 Å². The fourth-order valence-corrected chi connectivity index (χ4v) is 4.32. The maximum absolute atomic E-state index is 13.1. The molecule has 1 unspecified atom stereocenters. The molecule has 2 aromatic carbocycles. The molecule has 2 aromatic rings. The monoisotopic (exact) mass is 465 g/mol. The van der Waals surface area contributed by atoms with Crippen LogP contribution < -0.4 is 10.1 Å². The molecular weight excluding hydrogens is 434 g/mol. The van der Waals surface area contributed by atoms with Gasteiger partial charge in [-0.1, -0.05) is 36.9 Å². The summed E-state index contributed by atoms with van der Waals surface area (Å²) in [6.07, 6.45) is 1.01. The van der Waals surface area contributed by atoms with Crippen LogP contribution in [0.4, 0.5) is 0 Å². The van der Waals surface area contributed by atoms with Gasteiger partial charge in [0.2, 0.25) is 11.8 Å². The Morgan fingerprint density at radius 2 is 2.03 bits per heavy atom. The lowest BCUT2D eigenvalue weighted by molar-refractivity contribution is -0.143. The SMILES string of the molecule is [2H]c1cc(C([2H])([2H])Oc2cccc3c2CN(C2CCC(=C)NC2=O)C3=O)cc([2H])c1CN1CCOCC1=O. The van der Waals surface area contributed by atoms with Crippen molar-refractivity contribution in [1.29, 1.82) is 0 Å². The molecule has 1 N–H and O–H groups in total. The number of fused-ring (bicyclic) bond motifs is 1. The van der Waals surface area contributed by atoms with Gasteiger partial charge in [0, 0.05) is 29.9 Å². The maximum atomic E-state index is 13.1. The summed E-state index contributed by atoms with van der Waals surface area (Å²) in [6.45, 7) is 2.19. The molecule has 2 saturated heterocycles. The molecule has 0 bridgehead atoms. The summed E-state index contributed by atoms with van der Waals surface area (Å²) < 4.78 is 44.9. The van der Waals surface area contributed by atoms with Crippen molar-refractivity contribution in [2.45, 2.75) is 38.5 Å². The molecule has 8 heteroatoms. The van der Waals surface area contributed by atoms with Crippen molar-refractivity contribution in [3.05, 3.63) is 76.9 Å². The number of nitrogens with one attached hydrogen (secondary N) is 1. The van der Waals surface area contributed by atoms with Gasteiger partial charge >= 0.3 is 0 Å². The number of amides is 3. The van der Waals surface area contributed by atoms with Crippen LogP contribution in [-0.4, -0.2) is 53.3 Å². The van der Waals surface area contributed by atoms with E-state index in [0.717, 1.165) is 0 Å². The van der Waals surface area contributed by atoms with Crippen LogP contribution in [-0.2, 0) is 34.0 Å². The highest BCUT2D eigenvalue weighted by molar-refractivity contribution is 6.02. The minimum Gasteiger partial charge on any atom is -0.489 e. The zero-order valence-corrected chi connectivity index (χ0v) is 18.6. The molecular formula is C26H27N3O5. The molecule has 1 atom stereocenters. The van der Waals surface area contributed by atoms with Crippen LogP contribution in [0.15, 0.2) is 54.7 Å². The molecule has 176 valence electrons. The Bertz CT molecular complexity index is 1330. The summed E-state index contributed by atoms with van der Waals surface area (Å²) in [5.74, 6) is -0.715. The molecule has 34 heavy (non-hydrogen) atoms. The van der Waals surface area contributed by atoms with Crippen LogP contribution >= 0.6 is 0 Å². The van der Waals surface area contributed by atoms with E-state index in [9.17, 15) is 14.4 Å². The summed E-state index contributed by atoms with van der Waals surface area (Å²) in [6, 6.07) is 6.52. The number of nitrogens with zero attached hydrogens (tertiary/aromatic N) is 2. The first-order chi connectivity index (χ1) is 18.0. The maximum Gasteiger partial charge on any atom is 0.255 e. The highest BCUT2D eigenvalue weighted by atomic mass is 16.5. The zero-order valence-electron chi connectivity index (χ0n) is 22.6. The van der Waals surface area contributed by atoms with E-state index in [0.29, 0.717) is 48.4 Å². The third-order valence-corrected chi connectivity index (χ3v) is 6.17. The second kappa shape index (κ2) is 9.30. The van der Waals surface area contributed by atoms with Gasteiger partial charge in [0.25, 0.3) is 5.91 Å². The Kier molecular flexibility index (Phi) is 4.86. The van der Waals surface area contributed by atoms with Crippen molar-refractivity contribution < 1.29 is 29.3 Å². The smallest absolute Gasteiger partial charge is 0.255 e. The molecule has 0 saturated carbocycles. The topological polar surface area (TPSA) is 88.2 Å². The molecule has 0 spiro atoms. The predicted molar refractivity (Wildman–Crippen MR) is 124 cm³/mol. The molecule has 0 radical (unpaired) electrons. The lowest BCUT2D eigenvalue weighted by atomic mass is 10.0.